The summed E-state index contributed by atoms with van der Waals surface area (Å²) in [6.45, 7) is 4.02. The van der Waals surface area contributed by atoms with E-state index >= 15 is 0 Å². The minimum absolute atomic E-state index is 0.515. The minimum atomic E-state index is -0.515. The van der Waals surface area contributed by atoms with Gasteiger partial charge in [-0.3, -0.25) is 4.79 Å². The number of aliphatic hydroxyl groups excluding tert-OH is 1. The van der Waals surface area contributed by atoms with Crippen molar-refractivity contribution in [3.8, 4) is 0 Å². The molecule has 1 amide bonds. The lowest BCUT2D eigenvalue weighted by Crippen LogP contribution is -2.02. The molecule has 0 bridgehead atoms. The monoisotopic (exact) mass is 402 g/mol. The van der Waals surface area contributed by atoms with Crippen LogP contribution >= 0.6 is 0 Å². The SMILES string of the molecule is Cc1ccc(Nc2ccc(CCCCC(O)c3ccc(C)c(NC=O)c3)cc2)cc1. The number of hydrogen-bond acceptors (Lipinski definition) is 3. The van der Waals surface area contributed by atoms with Crippen molar-refractivity contribution in [2.45, 2.75) is 45.6 Å². The molecule has 1 atom stereocenters. The van der Waals surface area contributed by atoms with Crippen LogP contribution in [0.5, 0.6) is 0 Å². The number of aliphatic hydroxyl groups is 1. The highest BCUT2D eigenvalue weighted by Crippen LogP contribution is 2.25. The molecule has 0 spiro atoms. The fourth-order valence-electron chi connectivity index (χ4n) is 3.46. The van der Waals surface area contributed by atoms with Gasteiger partial charge >= 0.3 is 0 Å². The van der Waals surface area contributed by atoms with Crippen LogP contribution in [-0.4, -0.2) is 11.5 Å². The van der Waals surface area contributed by atoms with Crippen molar-refractivity contribution in [3.05, 3.63) is 89.0 Å². The van der Waals surface area contributed by atoms with E-state index in [-0.39, 0.29) is 0 Å². The number of anilines is 3. The van der Waals surface area contributed by atoms with Gasteiger partial charge in [-0.05, 0) is 80.1 Å². The number of amides is 1. The van der Waals surface area contributed by atoms with Crippen molar-refractivity contribution in [1.29, 1.82) is 0 Å². The normalized spacial score (nSPS) is 11.7. The Morgan fingerprint density at radius 3 is 2.23 bits per heavy atom. The summed E-state index contributed by atoms with van der Waals surface area (Å²) >= 11 is 0. The Bertz CT molecular complexity index is 950. The number of nitrogens with one attached hydrogen (secondary N) is 2. The summed E-state index contributed by atoms with van der Waals surface area (Å²) in [7, 11) is 0. The average Bonchev–Trinajstić information content (AvgIpc) is 2.75. The summed E-state index contributed by atoms with van der Waals surface area (Å²) in [5.74, 6) is 0. The molecule has 0 fully saturated rings. The standard InChI is InChI=1S/C26H30N2O2/c1-19-7-13-23(14-8-19)28-24-15-10-21(11-16-24)5-3-4-6-26(30)22-12-9-20(2)25(17-22)27-18-29/h7-18,26,28,30H,3-6H2,1-2H3,(H,27,29). The van der Waals surface area contributed by atoms with E-state index in [1.165, 1.54) is 11.1 Å². The van der Waals surface area contributed by atoms with Gasteiger partial charge in [0.2, 0.25) is 6.41 Å². The molecule has 0 saturated heterocycles. The second kappa shape index (κ2) is 10.6. The Labute approximate surface area is 179 Å². The lowest BCUT2D eigenvalue weighted by Gasteiger charge is -2.14. The van der Waals surface area contributed by atoms with Gasteiger partial charge in [0.1, 0.15) is 0 Å². The molecule has 0 heterocycles. The molecule has 30 heavy (non-hydrogen) atoms. The van der Waals surface area contributed by atoms with Gasteiger partial charge in [0, 0.05) is 17.1 Å². The van der Waals surface area contributed by atoms with Gasteiger partial charge in [-0.2, -0.15) is 0 Å². The van der Waals surface area contributed by atoms with E-state index in [1.54, 1.807) is 0 Å². The Morgan fingerprint density at radius 2 is 1.57 bits per heavy atom. The maximum absolute atomic E-state index is 10.7. The minimum Gasteiger partial charge on any atom is -0.388 e. The number of hydrogen-bond donors (Lipinski definition) is 3. The first-order valence-corrected chi connectivity index (χ1v) is 10.5. The van der Waals surface area contributed by atoms with Gasteiger partial charge in [-0.1, -0.05) is 48.4 Å². The largest absolute Gasteiger partial charge is 0.388 e. The highest BCUT2D eigenvalue weighted by atomic mass is 16.3. The van der Waals surface area contributed by atoms with Crippen molar-refractivity contribution in [2.75, 3.05) is 10.6 Å². The third-order valence-corrected chi connectivity index (χ3v) is 5.35. The van der Waals surface area contributed by atoms with Crippen LogP contribution in [0.15, 0.2) is 66.7 Å². The summed E-state index contributed by atoms with van der Waals surface area (Å²) in [5.41, 5.74) is 7.30. The molecule has 3 N–H and O–H groups in total. The molecule has 3 aromatic rings. The molecule has 156 valence electrons. The molecule has 4 heteroatoms. The zero-order valence-electron chi connectivity index (χ0n) is 17.7. The average molecular weight is 403 g/mol. The second-order valence-corrected chi connectivity index (χ2v) is 7.79. The number of benzene rings is 3. The van der Waals surface area contributed by atoms with E-state index in [2.05, 4.69) is 66.1 Å². The predicted octanol–water partition coefficient (Wildman–Crippen LogP) is 6.06. The Balaban J connectivity index is 1.44. The smallest absolute Gasteiger partial charge is 0.211 e. The van der Waals surface area contributed by atoms with E-state index in [0.717, 1.165) is 47.5 Å². The van der Waals surface area contributed by atoms with Gasteiger partial charge in [-0.15, -0.1) is 0 Å². The van der Waals surface area contributed by atoms with Crippen LogP contribution in [0.1, 0.15) is 47.6 Å². The lowest BCUT2D eigenvalue weighted by atomic mass is 9.99. The number of unbranched alkanes of at least 4 members (excludes halogenated alkanes) is 1. The van der Waals surface area contributed by atoms with Crippen LogP contribution in [0.4, 0.5) is 17.1 Å². The predicted molar refractivity (Wildman–Crippen MR) is 124 cm³/mol. The maximum atomic E-state index is 10.7. The molecular formula is C26H30N2O2. The second-order valence-electron chi connectivity index (χ2n) is 7.79. The number of rotatable bonds is 10. The molecule has 4 nitrogen and oxygen atoms in total. The third-order valence-electron chi connectivity index (χ3n) is 5.35. The molecule has 1 unspecified atom stereocenters. The summed E-state index contributed by atoms with van der Waals surface area (Å²) in [5, 5.41) is 16.6. The summed E-state index contributed by atoms with van der Waals surface area (Å²) in [6, 6.07) is 22.6. The Kier molecular flexibility index (Phi) is 7.63. The fourth-order valence-corrected chi connectivity index (χ4v) is 3.46. The Morgan fingerprint density at radius 1 is 0.900 bits per heavy atom. The Hall–Kier alpha value is -3.11. The zero-order valence-corrected chi connectivity index (χ0v) is 17.7. The van der Waals surface area contributed by atoms with Gasteiger partial charge in [0.15, 0.2) is 0 Å². The van der Waals surface area contributed by atoms with E-state index in [1.807, 2.05) is 25.1 Å². The van der Waals surface area contributed by atoms with Crippen molar-refractivity contribution in [2.24, 2.45) is 0 Å². The molecule has 3 aromatic carbocycles. The van der Waals surface area contributed by atoms with Crippen LogP contribution in [0.25, 0.3) is 0 Å². The highest BCUT2D eigenvalue weighted by Gasteiger charge is 2.09. The molecule has 0 saturated carbocycles. The molecule has 3 rings (SSSR count). The topological polar surface area (TPSA) is 61.4 Å². The summed E-state index contributed by atoms with van der Waals surface area (Å²) < 4.78 is 0. The number of carbonyl (C=O) groups excluding carboxylic acids is 1. The van der Waals surface area contributed by atoms with Crippen molar-refractivity contribution in [1.82, 2.24) is 0 Å². The lowest BCUT2D eigenvalue weighted by molar-refractivity contribution is -0.105. The molecule has 0 radical (unpaired) electrons. The first-order valence-electron chi connectivity index (χ1n) is 10.5. The van der Waals surface area contributed by atoms with Gasteiger partial charge in [0.25, 0.3) is 0 Å². The highest BCUT2D eigenvalue weighted by molar-refractivity contribution is 5.73. The number of aryl methyl sites for hydroxylation is 3. The van der Waals surface area contributed by atoms with E-state index in [4.69, 9.17) is 0 Å². The quantitative estimate of drug-likeness (QED) is 0.285. The van der Waals surface area contributed by atoms with Crippen LogP contribution in [0, 0.1) is 13.8 Å². The van der Waals surface area contributed by atoms with Gasteiger partial charge in [-0.25, -0.2) is 0 Å². The zero-order chi connectivity index (χ0) is 21.3. The summed E-state index contributed by atoms with van der Waals surface area (Å²) in [4.78, 5) is 10.7. The maximum Gasteiger partial charge on any atom is 0.211 e. The van der Waals surface area contributed by atoms with Crippen LogP contribution in [-0.2, 0) is 11.2 Å². The first-order chi connectivity index (χ1) is 14.5. The van der Waals surface area contributed by atoms with Crippen molar-refractivity contribution < 1.29 is 9.90 Å². The van der Waals surface area contributed by atoms with Gasteiger partial charge in [0.05, 0.1) is 6.10 Å². The van der Waals surface area contributed by atoms with Crippen LogP contribution in [0.3, 0.4) is 0 Å². The molecule has 0 aliphatic rings. The molecule has 0 aromatic heterocycles. The van der Waals surface area contributed by atoms with E-state index < -0.39 is 6.10 Å². The van der Waals surface area contributed by atoms with Crippen LogP contribution in [0.2, 0.25) is 0 Å². The molecule has 0 aliphatic carbocycles. The number of carbonyl (C=O) groups is 1. The first kappa shape index (κ1) is 21.6. The molecular weight excluding hydrogens is 372 g/mol. The fraction of sp³-hybridized carbons (Fsp3) is 0.269. The van der Waals surface area contributed by atoms with Crippen LogP contribution < -0.4 is 10.6 Å². The third kappa shape index (κ3) is 6.19. The van der Waals surface area contributed by atoms with Gasteiger partial charge < -0.3 is 15.7 Å². The van der Waals surface area contributed by atoms with Crippen molar-refractivity contribution in [3.63, 3.8) is 0 Å². The van der Waals surface area contributed by atoms with Crippen molar-refractivity contribution >= 4 is 23.5 Å². The molecule has 0 aliphatic heterocycles. The van der Waals surface area contributed by atoms with E-state index in [9.17, 15) is 9.90 Å². The summed E-state index contributed by atoms with van der Waals surface area (Å²) in [6.07, 6.45) is 3.81. The van der Waals surface area contributed by atoms with E-state index in [0.29, 0.717) is 12.8 Å².